The zero-order chi connectivity index (χ0) is 16.1. The van der Waals surface area contributed by atoms with Crippen LogP contribution in [0.1, 0.15) is 19.8 Å². The van der Waals surface area contributed by atoms with E-state index in [4.69, 9.17) is 19.6 Å². The summed E-state index contributed by atoms with van der Waals surface area (Å²) in [5, 5.41) is 9.21. The van der Waals surface area contributed by atoms with Gasteiger partial charge in [-0.25, -0.2) is 4.79 Å². The van der Waals surface area contributed by atoms with E-state index in [1.165, 1.54) is 6.92 Å². The number of hydrogen-bond acceptors (Lipinski definition) is 7. The van der Waals surface area contributed by atoms with Crippen LogP contribution in [0.2, 0.25) is 0 Å². The van der Waals surface area contributed by atoms with Gasteiger partial charge in [-0.3, -0.25) is 9.59 Å². The first-order valence-electron chi connectivity index (χ1n) is 6.55. The average Bonchev–Trinajstić information content (AvgIpc) is 2.46. The summed E-state index contributed by atoms with van der Waals surface area (Å²) in [6.07, 6.45) is 0.769. The molecule has 0 saturated heterocycles. The van der Waals surface area contributed by atoms with E-state index >= 15 is 0 Å². The number of Topliss-reactive ketones (excluding diaryl/α,β-unsaturated/α-hetero) is 1. The molecule has 0 saturated carbocycles. The van der Waals surface area contributed by atoms with Crippen LogP contribution in [-0.4, -0.2) is 63.5 Å². The molecule has 1 amide bonds. The Morgan fingerprint density at radius 1 is 1.19 bits per heavy atom. The Hall–Kier alpha value is -1.80. The summed E-state index contributed by atoms with van der Waals surface area (Å²) < 4.78 is 14.9. The maximum absolute atomic E-state index is 11.8. The Balaban J connectivity index is 4.09. The van der Waals surface area contributed by atoms with Gasteiger partial charge in [-0.15, -0.1) is 0 Å². The van der Waals surface area contributed by atoms with Crippen LogP contribution in [0.15, 0.2) is 0 Å². The molecule has 0 aromatic rings. The molecule has 120 valence electrons. The third-order valence-corrected chi connectivity index (χ3v) is 2.41. The number of esters is 1. The largest absolute Gasteiger partial charge is 0.462 e. The smallest absolute Gasteiger partial charge is 0.328 e. The monoisotopic (exact) mass is 302 g/mol. The topological polar surface area (TPSA) is 115 Å². The molecule has 0 aliphatic heterocycles. The molecule has 8 nitrogen and oxygen atoms in total. The van der Waals surface area contributed by atoms with Crippen molar-refractivity contribution in [2.24, 2.45) is 0 Å². The number of ketones is 1. The summed E-state index contributed by atoms with van der Waals surface area (Å²) >= 11 is 0. The fourth-order valence-electron chi connectivity index (χ4n) is 1.40. The summed E-state index contributed by atoms with van der Waals surface area (Å²) in [5.74, 6) is -1.44. The van der Waals surface area contributed by atoms with E-state index in [-0.39, 0.29) is 26.1 Å². The number of carbonyl (C=O) groups excluding carboxylic acids is 3. The molecular weight excluding hydrogens is 280 g/mol. The van der Waals surface area contributed by atoms with Gasteiger partial charge in [0, 0.05) is 20.5 Å². The molecule has 0 fully saturated rings. The molecule has 0 spiro atoms. The molecule has 8 heteroatoms. The average molecular weight is 302 g/mol. The maximum atomic E-state index is 11.8. The molecule has 0 aromatic heterocycles. The Morgan fingerprint density at radius 3 is 2.43 bits per heavy atom. The highest BCUT2D eigenvalue weighted by Gasteiger charge is 2.21. The molecule has 0 aliphatic rings. The van der Waals surface area contributed by atoms with Gasteiger partial charge in [0.25, 0.3) is 0 Å². The minimum Gasteiger partial charge on any atom is -0.462 e. The van der Waals surface area contributed by atoms with Crippen molar-refractivity contribution < 1.29 is 28.6 Å². The van der Waals surface area contributed by atoms with Gasteiger partial charge in [-0.2, -0.15) is 0 Å². The second-order valence-corrected chi connectivity index (χ2v) is 4.18. The molecule has 0 bridgehead atoms. The number of rotatable bonds is 12. The third-order valence-electron chi connectivity index (χ3n) is 2.41. The van der Waals surface area contributed by atoms with Crippen molar-refractivity contribution in [3.63, 3.8) is 0 Å². The van der Waals surface area contributed by atoms with E-state index in [1.54, 1.807) is 7.11 Å². The first-order valence-corrected chi connectivity index (χ1v) is 6.55. The van der Waals surface area contributed by atoms with Crippen molar-refractivity contribution in [2.45, 2.75) is 25.8 Å². The number of hydrogen-bond donors (Lipinski definition) is 2. The second-order valence-electron chi connectivity index (χ2n) is 4.18. The van der Waals surface area contributed by atoms with Crippen molar-refractivity contribution >= 4 is 23.9 Å². The second kappa shape index (κ2) is 12.0. The van der Waals surface area contributed by atoms with E-state index < -0.39 is 23.7 Å². The van der Waals surface area contributed by atoms with Crippen molar-refractivity contribution in [1.29, 1.82) is 5.41 Å². The highest BCUT2D eigenvalue weighted by molar-refractivity contribution is 6.26. The SMILES string of the molecule is COCCOCCOC(=O)[C@H](CCC(=O)C=N)NC(C)=O. The van der Waals surface area contributed by atoms with Crippen LogP contribution < -0.4 is 5.32 Å². The molecular formula is C13H22N2O6. The lowest BCUT2D eigenvalue weighted by molar-refractivity contribution is -0.149. The molecule has 0 unspecified atom stereocenters. The van der Waals surface area contributed by atoms with Gasteiger partial charge in [-0.05, 0) is 6.42 Å². The van der Waals surface area contributed by atoms with Gasteiger partial charge in [0.1, 0.15) is 12.6 Å². The van der Waals surface area contributed by atoms with Gasteiger partial charge in [-0.1, -0.05) is 0 Å². The maximum Gasteiger partial charge on any atom is 0.328 e. The zero-order valence-corrected chi connectivity index (χ0v) is 12.3. The van der Waals surface area contributed by atoms with Crippen molar-refractivity contribution in [3.05, 3.63) is 0 Å². The number of methoxy groups -OCH3 is 1. The van der Waals surface area contributed by atoms with E-state index in [1.807, 2.05) is 0 Å². The lowest BCUT2D eigenvalue weighted by Crippen LogP contribution is -2.41. The third kappa shape index (κ3) is 10.6. The number of amides is 1. The Bertz CT molecular complexity index is 359. The van der Waals surface area contributed by atoms with Crippen LogP contribution >= 0.6 is 0 Å². The van der Waals surface area contributed by atoms with E-state index in [2.05, 4.69) is 5.32 Å². The molecule has 0 aliphatic carbocycles. The molecule has 0 aromatic carbocycles. The highest BCUT2D eigenvalue weighted by atomic mass is 16.6. The predicted molar refractivity (Wildman–Crippen MR) is 74.3 cm³/mol. The summed E-state index contributed by atoms with van der Waals surface area (Å²) in [5.41, 5.74) is 0. The fraction of sp³-hybridized carbons (Fsp3) is 0.692. The Kier molecular flexibility index (Phi) is 11.0. The first kappa shape index (κ1) is 19.2. The van der Waals surface area contributed by atoms with Crippen LogP contribution in [0.5, 0.6) is 0 Å². The van der Waals surface area contributed by atoms with Gasteiger partial charge in [0.15, 0.2) is 5.78 Å². The van der Waals surface area contributed by atoms with Crippen molar-refractivity contribution in [2.75, 3.05) is 33.5 Å². The minimum atomic E-state index is -0.898. The first-order chi connectivity index (χ1) is 10.0. The normalized spacial score (nSPS) is 11.5. The number of nitrogens with one attached hydrogen (secondary N) is 2. The summed E-state index contributed by atoms with van der Waals surface area (Å²) in [6.45, 7) is 2.40. The standard InChI is InChI=1S/C13H22N2O6/c1-10(16)15-12(4-3-11(17)9-14)13(18)21-8-7-20-6-5-19-2/h9,12,14H,3-8H2,1-2H3,(H,15,16)/t12-/m0/s1. The van der Waals surface area contributed by atoms with E-state index in [0.717, 1.165) is 0 Å². The molecule has 2 N–H and O–H groups in total. The Morgan fingerprint density at radius 2 is 1.86 bits per heavy atom. The highest BCUT2D eigenvalue weighted by Crippen LogP contribution is 2.01. The van der Waals surface area contributed by atoms with Crippen LogP contribution in [0.3, 0.4) is 0 Å². The van der Waals surface area contributed by atoms with Crippen LogP contribution in [0.4, 0.5) is 0 Å². The van der Waals surface area contributed by atoms with Crippen LogP contribution in [-0.2, 0) is 28.6 Å². The number of ether oxygens (including phenoxy) is 3. The molecule has 21 heavy (non-hydrogen) atoms. The summed E-state index contributed by atoms with van der Waals surface area (Å²) in [6, 6.07) is -0.898. The van der Waals surface area contributed by atoms with E-state index in [9.17, 15) is 14.4 Å². The Labute approximate surface area is 123 Å². The molecule has 0 radical (unpaired) electrons. The lowest BCUT2D eigenvalue weighted by atomic mass is 10.1. The molecule has 0 heterocycles. The van der Waals surface area contributed by atoms with Gasteiger partial charge in [0.2, 0.25) is 5.91 Å². The summed E-state index contributed by atoms with van der Waals surface area (Å²) in [7, 11) is 1.55. The van der Waals surface area contributed by atoms with E-state index in [0.29, 0.717) is 19.4 Å². The minimum absolute atomic E-state index is 0.00607. The zero-order valence-electron chi connectivity index (χ0n) is 12.3. The van der Waals surface area contributed by atoms with Crippen molar-refractivity contribution in [3.8, 4) is 0 Å². The number of carbonyl (C=O) groups is 3. The predicted octanol–water partition coefficient (Wildman–Crippen LogP) is -0.304. The van der Waals surface area contributed by atoms with Gasteiger partial charge in [0.05, 0.1) is 26.0 Å². The van der Waals surface area contributed by atoms with Crippen LogP contribution in [0, 0.1) is 5.41 Å². The van der Waals surface area contributed by atoms with Crippen LogP contribution in [0.25, 0.3) is 0 Å². The lowest BCUT2D eigenvalue weighted by Gasteiger charge is -2.16. The van der Waals surface area contributed by atoms with Crippen molar-refractivity contribution in [1.82, 2.24) is 5.32 Å². The fourth-order valence-corrected chi connectivity index (χ4v) is 1.40. The summed E-state index contributed by atoms with van der Waals surface area (Å²) in [4.78, 5) is 33.9. The van der Waals surface area contributed by atoms with Gasteiger partial charge < -0.3 is 24.9 Å². The molecule has 0 rings (SSSR count). The van der Waals surface area contributed by atoms with Gasteiger partial charge >= 0.3 is 5.97 Å². The quantitative estimate of drug-likeness (QED) is 0.290. The molecule has 1 atom stereocenters.